The highest BCUT2D eigenvalue weighted by Gasteiger charge is 2.33. The number of thioether (sulfide) groups is 1. The van der Waals surface area contributed by atoms with Gasteiger partial charge in [-0.15, -0.1) is 11.8 Å². The Morgan fingerprint density at radius 3 is 2.86 bits per heavy atom. The van der Waals surface area contributed by atoms with Gasteiger partial charge in [0.05, 0.1) is 10.6 Å². The van der Waals surface area contributed by atoms with Crippen LogP contribution in [0.2, 0.25) is 0 Å². The summed E-state index contributed by atoms with van der Waals surface area (Å²) in [6.45, 7) is 1.74. The largest absolute Gasteiger partial charge is 0.508 e. The van der Waals surface area contributed by atoms with Gasteiger partial charge in [-0.1, -0.05) is 0 Å². The summed E-state index contributed by atoms with van der Waals surface area (Å²) in [6, 6.07) is 0.988. The molecular formula is C15H15F3N2OS. The van der Waals surface area contributed by atoms with Crippen molar-refractivity contribution in [3.63, 3.8) is 0 Å². The fourth-order valence-corrected chi connectivity index (χ4v) is 3.01. The smallest absolute Gasteiger partial charge is 0.416 e. The minimum atomic E-state index is -4.38. The molecule has 22 heavy (non-hydrogen) atoms. The first-order valence-electron chi connectivity index (χ1n) is 6.64. The lowest BCUT2D eigenvalue weighted by Gasteiger charge is -2.13. The van der Waals surface area contributed by atoms with Crippen molar-refractivity contribution < 1.29 is 18.3 Å². The number of rotatable bonds is 2. The Morgan fingerprint density at radius 2 is 2.14 bits per heavy atom. The third kappa shape index (κ3) is 4.62. The molecule has 118 valence electrons. The standard InChI is InChI=1S/C15H15F3N2OS/c1-10-7-12(21)3-2-4-14(20-10)22-9-11-8-19-6-5-13(11)15(16,17)18/h3,5-8,21H,2,4,9H2,1H3/b10-7?,12-3+,20-14?. The Balaban J connectivity index is 2.13. The van der Waals surface area contributed by atoms with E-state index in [1.54, 1.807) is 13.0 Å². The first kappa shape index (κ1) is 16.6. The molecule has 0 saturated heterocycles. The zero-order valence-corrected chi connectivity index (χ0v) is 12.7. The number of hydrogen-bond acceptors (Lipinski definition) is 4. The maximum atomic E-state index is 12.9. The van der Waals surface area contributed by atoms with Crippen LogP contribution >= 0.6 is 11.8 Å². The zero-order chi connectivity index (χ0) is 16.2. The van der Waals surface area contributed by atoms with Crippen LogP contribution < -0.4 is 0 Å². The molecule has 0 aliphatic carbocycles. The highest BCUT2D eigenvalue weighted by Crippen LogP contribution is 2.33. The second-order valence-corrected chi connectivity index (χ2v) is 5.83. The number of allylic oxidation sites excluding steroid dienone is 3. The van der Waals surface area contributed by atoms with Crippen LogP contribution in [0.25, 0.3) is 0 Å². The molecule has 1 aromatic rings. The summed E-state index contributed by atoms with van der Waals surface area (Å²) in [4.78, 5) is 8.11. The van der Waals surface area contributed by atoms with Gasteiger partial charge in [0, 0.05) is 29.9 Å². The second-order valence-electron chi connectivity index (χ2n) is 4.78. The van der Waals surface area contributed by atoms with Gasteiger partial charge in [0.1, 0.15) is 5.76 Å². The molecule has 2 rings (SSSR count). The van der Waals surface area contributed by atoms with Crippen LogP contribution in [0.5, 0.6) is 0 Å². The minimum absolute atomic E-state index is 0.143. The summed E-state index contributed by atoms with van der Waals surface area (Å²) in [5.74, 6) is 0.321. The molecule has 2 heterocycles. The van der Waals surface area contributed by atoms with Gasteiger partial charge < -0.3 is 5.11 Å². The molecule has 0 fully saturated rings. The second kappa shape index (κ2) is 7.00. The molecule has 0 spiro atoms. The predicted molar refractivity (Wildman–Crippen MR) is 81.7 cm³/mol. The van der Waals surface area contributed by atoms with Gasteiger partial charge >= 0.3 is 6.18 Å². The Kier molecular flexibility index (Phi) is 5.28. The van der Waals surface area contributed by atoms with Crippen LogP contribution in [0, 0.1) is 0 Å². The van der Waals surface area contributed by atoms with Crippen LogP contribution in [-0.4, -0.2) is 15.1 Å². The summed E-state index contributed by atoms with van der Waals surface area (Å²) in [7, 11) is 0. The maximum Gasteiger partial charge on any atom is 0.416 e. The lowest BCUT2D eigenvalue weighted by Crippen LogP contribution is -2.09. The Labute approximate surface area is 130 Å². The number of pyridine rings is 1. The number of aromatic nitrogens is 1. The van der Waals surface area contributed by atoms with Crippen molar-refractivity contribution in [3.05, 3.63) is 53.2 Å². The van der Waals surface area contributed by atoms with E-state index in [0.29, 0.717) is 18.5 Å². The zero-order valence-electron chi connectivity index (χ0n) is 11.9. The molecule has 0 radical (unpaired) electrons. The average molecular weight is 328 g/mol. The van der Waals surface area contributed by atoms with E-state index >= 15 is 0 Å². The molecular weight excluding hydrogens is 313 g/mol. The molecule has 1 aliphatic heterocycles. The van der Waals surface area contributed by atoms with E-state index in [9.17, 15) is 18.3 Å². The molecule has 3 nitrogen and oxygen atoms in total. The van der Waals surface area contributed by atoms with Gasteiger partial charge in [-0.2, -0.15) is 13.2 Å². The number of halogens is 3. The molecule has 0 saturated carbocycles. The number of aliphatic hydroxyl groups excluding tert-OH is 1. The van der Waals surface area contributed by atoms with Crippen molar-refractivity contribution in [2.24, 2.45) is 4.99 Å². The van der Waals surface area contributed by atoms with E-state index in [1.165, 1.54) is 24.0 Å². The molecule has 0 amide bonds. The lowest BCUT2D eigenvalue weighted by atomic mass is 10.1. The molecule has 0 bridgehead atoms. The van der Waals surface area contributed by atoms with Gasteiger partial charge in [-0.3, -0.25) is 9.98 Å². The van der Waals surface area contributed by atoms with E-state index in [1.807, 2.05) is 0 Å². The van der Waals surface area contributed by atoms with Crippen LogP contribution in [0.4, 0.5) is 13.2 Å². The van der Waals surface area contributed by atoms with E-state index in [4.69, 9.17) is 0 Å². The SMILES string of the molecule is CC1=C/C(O)=C\CCC(SCc2cnccc2C(F)(F)F)=N1. The first-order valence-corrected chi connectivity index (χ1v) is 7.62. The van der Waals surface area contributed by atoms with E-state index in [0.717, 1.165) is 17.3 Å². The fraction of sp³-hybridized carbons (Fsp3) is 0.333. The van der Waals surface area contributed by atoms with E-state index in [-0.39, 0.29) is 17.1 Å². The molecule has 0 aromatic carbocycles. The van der Waals surface area contributed by atoms with E-state index in [2.05, 4.69) is 9.98 Å². The summed E-state index contributed by atoms with van der Waals surface area (Å²) < 4.78 is 38.8. The summed E-state index contributed by atoms with van der Waals surface area (Å²) in [6.07, 6.45) is 2.39. The number of alkyl halides is 3. The van der Waals surface area contributed by atoms with Crippen molar-refractivity contribution in [2.75, 3.05) is 0 Å². The highest BCUT2D eigenvalue weighted by atomic mass is 32.2. The van der Waals surface area contributed by atoms with Crippen molar-refractivity contribution >= 4 is 16.8 Å². The Hall–Kier alpha value is -1.76. The van der Waals surface area contributed by atoms with Crippen molar-refractivity contribution in [1.29, 1.82) is 0 Å². The van der Waals surface area contributed by atoms with Gasteiger partial charge in [0.15, 0.2) is 0 Å². The third-order valence-electron chi connectivity index (χ3n) is 2.97. The first-order chi connectivity index (χ1) is 10.4. The monoisotopic (exact) mass is 328 g/mol. The molecule has 0 atom stereocenters. The highest BCUT2D eigenvalue weighted by molar-refractivity contribution is 8.13. The Morgan fingerprint density at radius 1 is 1.36 bits per heavy atom. The predicted octanol–water partition coefficient (Wildman–Crippen LogP) is 4.87. The fourth-order valence-electron chi connectivity index (χ4n) is 1.99. The number of nitrogens with zero attached hydrogens (tertiary/aromatic N) is 2. The van der Waals surface area contributed by atoms with Crippen molar-refractivity contribution in [3.8, 4) is 0 Å². The number of aliphatic hydroxyl groups is 1. The quantitative estimate of drug-likeness (QED) is 0.842. The van der Waals surface area contributed by atoms with Crippen LogP contribution in [0.3, 0.4) is 0 Å². The molecule has 1 aromatic heterocycles. The van der Waals surface area contributed by atoms with Gasteiger partial charge in [0.25, 0.3) is 0 Å². The van der Waals surface area contributed by atoms with Crippen LogP contribution in [0.15, 0.2) is 47.1 Å². The van der Waals surface area contributed by atoms with Crippen molar-refractivity contribution in [1.82, 2.24) is 4.98 Å². The number of hydrogen-bond donors (Lipinski definition) is 1. The molecule has 1 N–H and O–H groups in total. The minimum Gasteiger partial charge on any atom is -0.508 e. The van der Waals surface area contributed by atoms with Gasteiger partial charge in [-0.25, -0.2) is 0 Å². The molecule has 1 aliphatic rings. The summed E-state index contributed by atoms with van der Waals surface area (Å²) in [5, 5.41) is 10.2. The van der Waals surface area contributed by atoms with Gasteiger partial charge in [-0.05, 0) is 37.5 Å². The topological polar surface area (TPSA) is 45.5 Å². The average Bonchev–Trinajstić information content (AvgIpc) is 2.42. The lowest BCUT2D eigenvalue weighted by molar-refractivity contribution is -0.138. The number of aliphatic imine (C=N–C) groups is 1. The van der Waals surface area contributed by atoms with Crippen molar-refractivity contribution in [2.45, 2.75) is 31.7 Å². The Bertz CT molecular complexity index is 636. The maximum absolute atomic E-state index is 12.9. The van der Waals surface area contributed by atoms with Crippen LogP contribution in [-0.2, 0) is 11.9 Å². The summed E-state index contributed by atoms with van der Waals surface area (Å²) >= 11 is 1.27. The third-order valence-corrected chi connectivity index (χ3v) is 4.06. The molecule has 7 heteroatoms. The normalized spacial score (nSPS) is 18.6. The molecule has 0 unspecified atom stereocenters. The summed E-state index contributed by atoms with van der Waals surface area (Å²) in [5.41, 5.74) is 0.106. The van der Waals surface area contributed by atoms with Gasteiger partial charge in [0.2, 0.25) is 0 Å². The van der Waals surface area contributed by atoms with E-state index < -0.39 is 11.7 Å². The van der Waals surface area contributed by atoms with Crippen LogP contribution in [0.1, 0.15) is 30.9 Å².